The Bertz CT molecular complexity index is 338. The third-order valence-electron chi connectivity index (χ3n) is 2.47. The lowest BCUT2D eigenvalue weighted by molar-refractivity contribution is 0.312. The minimum absolute atomic E-state index is 0.199. The fourth-order valence-corrected chi connectivity index (χ4v) is 1.89. The van der Waals surface area contributed by atoms with Crippen LogP contribution in [-0.4, -0.2) is 23.6 Å². The van der Waals surface area contributed by atoms with Gasteiger partial charge < -0.3 is 10.0 Å². The van der Waals surface area contributed by atoms with E-state index in [9.17, 15) is 5.11 Å². The van der Waals surface area contributed by atoms with Gasteiger partial charge in [-0.2, -0.15) is 0 Å². The summed E-state index contributed by atoms with van der Waals surface area (Å²) in [4.78, 5) is 2.25. The summed E-state index contributed by atoms with van der Waals surface area (Å²) in [6.07, 6.45) is 0.997. The van der Waals surface area contributed by atoms with E-state index in [1.807, 2.05) is 6.07 Å². The Labute approximate surface area is 82.7 Å². The van der Waals surface area contributed by atoms with Gasteiger partial charge >= 0.3 is 0 Å². The molecule has 0 aromatic heterocycles. The minimum atomic E-state index is 0.199. The summed E-state index contributed by atoms with van der Waals surface area (Å²) in [5.41, 5.74) is 2.46. The largest absolute Gasteiger partial charge is 0.506 e. The molecule has 0 saturated carbocycles. The van der Waals surface area contributed by atoms with Gasteiger partial charge in [0, 0.05) is 13.1 Å². The summed E-state index contributed by atoms with van der Waals surface area (Å²) in [6.45, 7) is 1.98. The molecular weight excluding hydrogens is 186 g/mol. The van der Waals surface area contributed by atoms with Crippen LogP contribution in [0.4, 0.5) is 0 Å². The highest BCUT2D eigenvalue weighted by Gasteiger charge is 2.14. The smallest absolute Gasteiger partial charge is 0.134 e. The van der Waals surface area contributed by atoms with Crippen LogP contribution in [0.1, 0.15) is 11.1 Å². The summed E-state index contributed by atoms with van der Waals surface area (Å²) in [6, 6.07) is 3.65. The van der Waals surface area contributed by atoms with Crippen LogP contribution in [0.5, 0.6) is 5.75 Å². The molecule has 1 aliphatic heterocycles. The molecule has 13 heavy (non-hydrogen) atoms. The first-order valence-corrected chi connectivity index (χ1v) is 4.73. The lowest BCUT2D eigenvalue weighted by Crippen LogP contribution is -2.26. The fraction of sp³-hybridized carbons (Fsp3) is 0.400. The Kier molecular flexibility index (Phi) is 2.18. The molecule has 1 aliphatic rings. The number of phenolic OH excluding ortho intramolecular Hbond substituents is 1. The second-order valence-electron chi connectivity index (χ2n) is 3.56. The highest BCUT2D eigenvalue weighted by molar-refractivity contribution is 6.32. The Morgan fingerprint density at radius 3 is 2.92 bits per heavy atom. The number of benzene rings is 1. The average Bonchev–Trinajstić information content (AvgIpc) is 2.08. The fourth-order valence-electron chi connectivity index (χ4n) is 1.71. The highest BCUT2D eigenvalue weighted by atomic mass is 35.5. The molecule has 1 heterocycles. The third kappa shape index (κ3) is 1.64. The zero-order valence-corrected chi connectivity index (χ0v) is 8.30. The van der Waals surface area contributed by atoms with Gasteiger partial charge in [0.25, 0.3) is 0 Å². The van der Waals surface area contributed by atoms with Gasteiger partial charge in [-0.15, -0.1) is 0 Å². The van der Waals surface area contributed by atoms with Crippen molar-refractivity contribution in [2.24, 2.45) is 0 Å². The van der Waals surface area contributed by atoms with Crippen LogP contribution in [0.3, 0.4) is 0 Å². The quantitative estimate of drug-likeness (QED) is 0.688. The summed E-state index contributed by atoms with van der Waals surface area (Å²) < 4.78 is 0. The molecule has 3 heteroatoms. The van der Waals surface area contributed by atoms with Gasteiger partial charge in [0.2, 0.25) is 0 Å². The van der Waals surface area contributed by atoms with E-state index in [0.29, 0.717) is 5.02 Å². The number of rotatable bonds is 0. The summed E-state index contributed by atoms with van der Waals surface area (Å²) in [5.74, 6) is 0.199. The van der Waals surface area contributed by atoms with E-state index >= 15 is 0 Å². The van der Waals surface area contributed by atoms with Crippen molar-refractivity contribution in [3.05, 3.63) is 28.3 Å². The molecule has 1 N–H and O–H groups in total. The maximum absolute atomic E-state index is 9.40. The predicted molar refractivity (Wildman–Crippen MR) is 53.2 cm³/mol. The van der Waals surface area contributed by atoms with Crippen molar-refractivity contribution in [1.82, 2.24) is 4.90 Å². The molecule has 0 aliphatic carbocycles. The van der Waals surface area contributed by atoms with Gasteiger partial charge in [-0.3, -0.25) is 0 Å². The standard InChI is InChI=1S/C10H12ClNO/c1-12-3-2-7-5-10(13)9(11)4-8(7)6-12/h4-5,13H,2-3,6H2,1H3. The molecule has 0 bridgehead atoms. The Hall–Kier alpha value is -0.730. The molecule has 70 valence electrons. The summed E-state index contributed by atoms with van der Waals surface area (Å²) in [7, 11) is 2.09. The van der Waals surface area contributed by atoms with Crippen LogP contribution in [0, 0.1) is 0 Å². The number of nitrogens with zero attached hydrogens (tertiary/aromatic N) is 1. The van der Waals surface area contributed by atoms with Crippen LogP contribution in [0.25, 0.3) is 0 Å². The number of likely N-dealkylation sites (N-methyl/N-ethyl adjacent to an activating group) is 1. The first-order valence-electron chi connectivity index (χ1n) is 4.35. The Morgan fingerprint density at radius 2 is 2.15 bits per heavy atom. The molecular formula is C10H12ClNO. The number of fused-ring (bicyclic) bond motifs is 1. The van der Waals surface area contributed by atoms with E-state index < -0.39 is 0 Å². The van der Waals surface area contributed by atoms with Crippen LogP contribution in [0.2, 0.25) is 5.02 Å². The maximum atomic E-state index is 9.40. The lowest BCUT2D eigenvalue weighted by Gasteiger charge is -2.25. The lowest BCUT2D eigenvalue weighted by atomic mass is 10.00. The van der Waals surface area contributed by atoms with Gasteiger partial charge in [-0.25, -0.2) is 0 Å². The SMILES string of the molecule is CN1CCc2cc(O)c(Cl)cc2C1. The van der Waals surface area contributed by atoms with Gasteiger partial charge in [0.1, 0.15) is 5.75 Å². The highest BCUT2D eigenvalue weighted by Crippen LogP contribution is 2.29. The third-order valence-corrected chi connectivity index (χ3v) is 2.77. The minimum Gasteiger partial charge on any atom is -0.506 e. The van der Waals surface area contributed by atoms with Crippen molar-refractivity contribution in [1.29, 1.82) is 0 Å². The van der Waals surface area contributed by atoms with E-state index in [4.69, 9.17) is 11.6 Å². The van der Waals surface area contributed by atoms with Crippen molar-refractivity contribution < 1.29 is 5.11 Å². The number of hydrogen-bond donors (Lipinski definition) is 1. The van der Waals surface area contributed by atoms with Gasteiger partial charge in [-0.05, 0) is 36.7 Å². The second kappa shape index (κ2) is 3.20. The van der Waals surface area contributed by atoms with Crippen molar-refractivity contribution in [2.45, 2.75) is 13.0 Å². The number of aromatic hydroxyl groups is 1. The monoisotopic (exact) mass is 197 g/mol. The molecule has 0 spiro atoms. The van der Waals surface area contributed by atoms with Gasteiger partial charge in [-0.1, -0.05) is 11.6 Å². The summed E-state index contributed by atoms with van der Waals surface area (Å²) >= 11 is 5.82. The molecule has 1 aromatic carbocycles. The van der Waals surface area contributed by atoms with Crippen LogP contribution in [-0.2, 0) is 13.0 Å². The van der Waals surface area contributed by atoms with Crippen LogP contribution in [0.15, 0.2) is 12.1 Å². The van der Waals surface area contributed by atoms with Crippen molar-refractivity contribution in [3.63, 3.8) is 0 Å². The first-order chi connectivity index (χ1) is 6.16. The predicted octanol–water partition coefficient (Wildman–Crippen LogP) is 2.03. The molecule has 0 radical (unpaired) electrons. The molecule has 1 aromatic rings. The molecule has 2 rings (SSSR count). The van der Waals surface area contributed by atoms with Crippen molar-refractivity contribution in [3.8, 4) is 5.75 Å². The van der Waals surface area contributed by atoms with E-state index in [2.05, 4.69) is 11.9 Å². The van der Waals surface area contributed by atoms with Crippen molar-refractivity contribution >= 4 is 11.6 Å². The molecule has 2 nitrogen and oxygen atoms in total. The van der Waals surface area contributed by atoms with E-state index in [0.717, 1.165) is 19.5 Å². The van der Waals surface area contributed by atoms with E-state index in [-0.39, 0.29) is 5.75 Å². The Balaban J connectivity index is 2.43. The maximum Gasteiger partial charge on any atom is 0.134 e. The zero-order chi connectivity index (χ0) is 9.42. The molecule has 0 unspecified atom stereocenters. The molecule has 0 atom stereocenters. The van der Waals surface area contributed by atoms with Crippen molar-refractivity contribution in [2.75, 3.05) is 13.6 Å². The van der Waals surface area contributed by atoms with E-state index in [1.54, 1.807) is 6.07 Å². The first kappa shape index (κ1) is 8.85. The normalized spacial score (nSPS) is 17.1. The topological polar surface area (TPSA) is 23.5 Å². The molecule has 0 fully saturated rings. The summed E-state index contributed by atoms with van der Waals surface area (Å²) in [5, 5.41) is 9.85. The van der Waals surface area contributed by atoms with Gasteiger partial charge in [0.15, 0.2) is 0 Å². The van der Waals surface area contributed by atoms with Crippen LogP contribution >= 0.6 is 11.6 Å². The molecule has 0 saturated heterocycles. The number of hydrogen-bond acceptors (Lipinski definition) is 2. The Morgan fingerprint density at radius 1 is 1.38 bits per heavy atom. The van der Waals surface area contributed by atoms with E-state index in [1.165, 1.54) is 11.1 Å². The van der Waals surface area contributed by atoms with Gasteiger partial charge in [0.05, 0.1) is 5.02 Å². The zero-order valence-electron chi connectivity index (χ0n) is 7.55. The average molecular weight is 198 g/mol. The molecule has 0 amide bonds. The number of phenols is 1. The van der Waals surface area contributed by atoms with Crippen LogP contribution < -0.4 is 0 Å². The number of halogens is 1. The second-order valence-corrected chi connectivity index (χ2v) is 3.97.